The number of rotatable bonds is 9. The van der Waals surface area contributed by atoms with Crippen LogP contribution in [0.4, 0.5) is 0 Å². The Bertz CT molecular complexity index is 1630. The SMILES string of the molecule is C=C(C)C1CC[C@]2(C(=C)O)CC[C@]3(C)C(CCC4[C@@]5(C)CC[C@H](O[C@@H]6OC[C@H](C)[C@H](C)[C@H]6OC6O[C@@H](C)[C@H](C)[C@@H](OC(C)=O)[C@H]6OC(C)=O)[C@@](C)(CC)[C@@H]5CC[C@]43C)C12. The molecular formula is C50H80O9. The van der Waals surface area contributed by atoms with Gasteiger partial charge in [-0.2, -0.15) is 0 Å². The molecule has 5 unspecified atom stereocenters. The molecule has 7 aliphatic rings. The summed E-state index contributed by atoms with van der Waals surface area (Å²) in [6, 6.07) is 0. The second-order valence-electron chi connectivity index (χ2n) is 22.2. The van der Waals surface area contributed by atoms with Crippen LogP contribution >= 0.6 is 0 Å². The number of allylic oxidation sites excluding steroid dienone is 2. The molecule has 334 valence electrons. The number of aliphatic hydroxyl groups is 1. The first-order valence-corrected chi connectivity index (χ1v) is 23.6. The lowest BCUT2D eigenvalue weighted by molar-refractivity contribution is -0.353. The van der Waals surface area contributed by atoms with Crippen LogP contribution in [0.5, 0.6) is 0 Å². The Morgan fingerprint density at radius 2 is 1.41 bits per heavy atom. The number of carbonyl (C=O) groups excluding carboxylic acids is 2. The van der Waals surface area contributed by atoms with Crippen molar-refractivity contribution in [3.63, 3.8) is 0 Å². The average molecular weight is 825 g/mol. The van der Waals surface area contributed by atoms with Gasteiger partial charge in [0.05, 0.1) is 24.6 Å². The molecule has 59 heavy (non-hydrogen) atoms. The van der Waals surface area contributed by atoms with E-state index in [2.05, 4.69) is 68.5 Å². The molecule has 0 aromatic heterocycles. The van der Waals surface area contributed by atoms with Gasteiger partial charge in [-0.3, -0.25) is 9.59 Å². The monoisotopic (exact) mass is 825 g/mol. The summed E-state index contributed by atoms with van der Waals surface area (Å²) in [7, 11) is 0. The van der Waals surface area contributed by atoms with Crippen molar-refractivity contribution in [2.45, 2.75) is 197 Å². The Labute approximate surface area is 356 Å². The van der Waals surface area contributed by atoms with Gasteiger partial charge in [-0.15, -0.1) is 0 Å². The van der Waals surface area contributed by atoms with Crippen molar-refractivity contribution in [2.75, 3.05) is 6.61 Å². The highest BCUT2D eigenvalue weighted by atomic mass is 16.8. The normalized spacial score (nSPS) is 51.9. The van der Waals surface area contributed by atoms with E-state index in [4.69, 9.17) is 28.4 Å². The van der Waals surface area contributed by atoms with Gasteiger partial charge in [0.1, 0.15) is 12.2 Å². The minimum Gasteiger partial charge on any atom is -0.512 e. The van der Waals surface area contributed by atoms with Crippen LogP contribution in [0.2, 0.25) is 0 Å². The van der Waals surface area contributed by atoms with Gasteiger partial charge in [-0.05, 0) is 148 Å². The molecule has 0 radical (unpaired) electrons. The van der Waals surface area contributed by atoms with Crippen molar-refractivity contribution in [2.24, 2.45) is 74.4 Å². The van der Waals surface area contributed by atoms with Crippen LogP contribution in [0.3, 0.4) is 0 Å². The molecule has 2 saturated heterocycles. The summed E-state index contributed by atoms with van der Waals surface area (Å²) in [6.07, 6.45) is 8.17. The maximum atomic E-state index is 12.4. The number of hydrogen-bond donors (Lipinski definition) is 1. The van der Waals surface area contributed by atoms with Gasteiger partial charge in [-0.1, -0.05) is 74.1 Å². The highest BCUT2D eigenvalue weighted by Gasteiger charge is 2.72. The molecular weight excluding hydrogens is 745 g/mol. The van der Waals surface area contributed by atoms with Gasteiger partial charge >= 0.3 is 11.9 Å². The third-order valence-electron chi connectivity index (χ3n) is 19.7. The smallest absolute Gasteiger partial charge is 0.303 e. The highest BCUT2D eigenvalue weighted by Crippen LogP contribution is 2.78. The van der Waals surface area contributed by atoms with Crippen molar-refractivity contribution in [1.29, 1.82) is 0 Å². The Hall–Kier alpha value is -1.94. The van der Waals surface area contributed by atoms with E-state index in [-0.39, 0.29) is 57.0 Å². The first kappa shape index (κ1) is 45.1. The van der Waals surface area contributed by atoms with Crippen molar-refractivity contribution in [3.05, 3.63) is 24.5 Å². The Balaban J connectivity index is 1.14. The van der Waals surface area contributed by atoms with Gasteiger partial charge in [0.25, 0.3) is 0 Å². The summed E-state index contributed by atoms with van der Waals surface area (Å²) in [5.74, 6) is 2.07. The lowest BCUT2D eigenvalue weighted by atomic mass is 9.32. The quantitative estimate of drug-likeness (QED) is 0.105. The Morgan fingerprint density at radius 3 is 2.03 bits per heavy atom. The molecule has 5 saturated carbocycles. The van der Waals surface area contributed by atoms with Crippen molar-refractivity contribution in [3.8, 4) is 0 Å². The van der Waals surface area contributed by atoms with Gasteiger partial charge in [-0.25, -0.2) is 0 Å². The third kappa shape index (κ3) is 6.99. The standard InChI is InChI=1S/C50H80O9/c1-15-46(11)37-19-22-49(14)38(17-16-36-40-35(27(2)3)18-23-50(40,32(8)51)25-24-48(36,49)13)47(37,12)21-20-39(46)58-44-42(29(5)28(4)26-54-44)59-45-43(57-34(10)53)41(56-33(9)52)30(6)31(7)55-45/h28-31,35-45,51H,2,8,15-26H2,1,3-7,9-14H3/t28-,29-,30-,31-,35?,36?,37-,38?,39-,40?,41+,42+,43+,44-,45?,46-,47-,48+,49+,50+/m0/s1. The Morgan fingerprint density at radius 1 is 0.729 bits per heavy atom. The zero-order valence-corrected chi connectivity index (χ0v) is 38.8. The molecule has 5 aliphatic carbocycles. The summed E-state index contributed by atoms with van der Waals surface area (Å²) >= 11 is 0. The van der Waals surface area contributed by atoms with Crippen molar-refractivity contribution < 1.29 is 43.1 Å². The molecule has 7 fully saturated rings. The summed E-state index contributed by atoms with van der Waals surface area (Å²) in [6.45, 7) is 35.3. The highest BCUT2D eigenvalue weighted by molar-refractivity contribution is 5.67. The van der Waals surface area contributed by atoms with Gasteiger partial charge in [0.15, 0.2) is 18.7 Å². The number of carbonyl (C=O) groups is 2. The predicted octanol–water partition coefficient (Wildman–Crippen LogP) is 10.7. The molecule has 9 heteroatoms. The van der Waals surface area contributed by atoms with Crippen molar-refractivity contribution >= 4 is 11.9 Å². The van der Waals surface area contributed by atoms with E-state index >= 15 is 0 Å². The van der Waals surface area contributed by atoms with E-state index < -0.39 is 42.8 Å². The summed E-state index contributed by atoms with van der Waals surface area (Å²) < 4.78 is 38.8. The van der Waals surface area contributed by atoms with E-state index in [1.54, 1.807) is 0 Å². The van der Waals surface area contributed by atoms with E-state index in [9.17, 15) is 14.7 Å². The molecule has 1 N–H and O–H groups in total. The summed E-state index contributed by atoms with van der Waals surface area (Å²) in [4.78, 5) is 24.7. The van der Waals surface area contributed by atoms with Crippen LogP contribution in [-0.2, 0) is 38.0 Å². The minimum absolute atomic E-state index is 0.0245. The summed E-state index contributed by atoms with van der Waals surface area (Å²) in [5.41, 5.74) is 1.59. The molecule has 0 spiro atoms. The lowest BCUT2D eigenvalue weighted by Crippen LogP contribution is -2.67. The van der Waals surface area contributed by atoms with Crippen LogP contribution in [0.25, 0.3) is 0 Å². The molecule has 20 atom stereocenters. The number of ether oxygens (including phenoxy) is 6. The maximum Gasteiger partial charge on any atom is 0.303 e. The van der Waals surface area contributed by atoms with E-state index in [0.717, 1.165) is 44.9 Å². The fraction of sp³-hybridized carbons (Fsp3) is 0.880. The average Bonchev–Trinajstić information content (AvgIpc) is 3.57. The van der Waals surface area contributed by atoms with E-state index in [1.165, 1.54) is 45.1 Å². The fourth-order valence-corrected chi connectivity index (χ4v) is 15.7. The van der Waals surface area contributed by atoms with Crippen LogP contribution in [0.1, 0.15) is 154 Å². The fourth-order valence-electron chi connectivity index (χ4n) is 15.7. The van der Waals surface area contributed by atoms with Crippen LogP contribution in [0, 0.1) is 74.4 Å². The molecule has 0 bridgehead atoms. The zero-order chi connectivity index (χ0) is 43.2. The van der Waals surface area contributed by atoms with Gasteiger partial charge in [0, 0.05) is 25.2 Å². The molecule has 0 amide bonds. The Kier molecular flexibility index (Phi) is 12.2. The largest absolute Gasteiger partial charge is 0.512 e. The first-order valence-electron chi connectivity index (χ1n) is 23.6. The molecule has 2 aliphatic heterocycles. The number of esters is 2. The number of hydrogen-bond acceptors (Lipinski definition) is 9. The minimum atomic E-state index is -0.961. The third-order valence-corrected chi connectivity index (χ3v) is 19.7. The molecule has 2 heterocycles. The second-order valence-corrected chi connectivity index (χ2v) is 22.2. The van der Waals surface area contributed by atoms with E-state index in [1.807, 2.05) is 13.8 Å². The number of fused-ring (bicyclic) bond motifs is 7. The zero-order valence-electron chi connectivity index (χ0n) is 38.8. The molecule has 7 rings (SSSR count). The molecule has 0 aromatic carbocycles. The number of aliphatic hydroxyl groups excluding tert-OH is 1. The van der Waals surface area contributed by atoms with Crippen LogP contribution in [0.15, 0.2) is 24.5 Å². The first-order chi connectivity index (χ1) is 27.6. The lowest BCUT2D eigenvalue weighted by Gasteiger charge is -2.73. The molecule has 9 nitrogen and oxygen atoms in total. The molecule has 0 aromatic rings. The topological polar surface area (TPSA) is 110 Å². The van der Waals surface area contributed by atoms with Crippen LogP contribution in [-0.4, -0.2) is 66.8 Å². The summed E-state index contributed by atoms with van der Waals surface area (Å²) in [5, 5.41) is 11.3. The van der Waals surface area contributed by atoms with Crippen LogP contribution < -0.4 is 0 Å². The maximum absolute atomic E-state index is 12.4. The van der Waals surface area contributed by atoms with E-state index in [0.29, 0.717) is 42.0 Å². The predicted molar refractivity (Wildman–Crippen MR) is 228 cm³/mol. The van der Waals surface area contributed by atoms with Gasteiger partial charge < -0.3 is 33.5 Å². The van der Waals surface area contributed by atoms with Crippen molar-refractivity contribution in [1.82, 2.24) is 0 Å². The van der Waals surface area contributed by atoms with Gasteiger partial charge in [0.2, 0.25) is 0 Å². The second kappa shape index (κ2) is 16.0.